The van der Waals surface area contributed by atoms with Crippen molar-refractivity contribution in [1.82, 2.24) is 19.5 Å². The van der Waals surface area contributed by atoms with Gasteiger partial charge in [0.25, 0.3) is 5.56 Å². The lowest BCUT2D eigenvalue weighted by molar-refractivity contribution is 0.414. The molecule has 0 aliphatic heterocycles. The van der Waals surface area contributed by atoms with E-state index in [0.717, 1.165) is 29.0 Å². The van der Waals surface area contributed by atoms with Crippen molar-refractivity contribution in [3.63, 3.8) is 0 Å². The Kier molecular flexibility index (Phi) is 4.42. The van der Waals surface area contributed by atoms with Crippen molar-refractivity contribution in [2.24, 2.45) is 5.92 Å². The van der Waals surface area contributed by atoms with Crippen LogP contribution in [0.2, 0.25) is 0 Å². The zero-order valence-corrected chi connectivity index (χ0v) is 16.2. The number of hydrogen-bond donors (Lipinski definition) is 0. The van der Waals surface area contributed by atoms with Crippen molar-refractivity contribution >= 4 is 11.2 Å². The quantitative estimate of drug-likeness (QED) is 0.688. The first-order chi connectivity index (χ1) is 13.0. The molecule has 1 aliphatic rings. The smallest absolute Gasteiger partial charge is 0.273 e. The van der Waals surface area contributed by atoms with E-state index in [4.69, 9.17) is 4.74 Å². The molecule has 0 N–H and O–H groups in total. The summed E-state index contributed by atoms with van der Waals surface area (Å²) in [4.78, 5) is 26.5. The molecule has 0 saturated heterocycles. The summed E-state index contributed by atoms with van der Waals surface area (Å²) in [6.45, 7) is 5.93. The molecule has 1 aromatic carbocycles. The lowest BCUT2D eigenvalue weighted by atomic mass is 10.0. The highest BCUT2D eigenvalue weighted by molar-refractivity contribution is 5.88. The van der Waals surface area contributed by atoms with Crippen molar-refractivity contribution < 1.29 is 4.74 Å². The minimum Gasteiger partial charge on any atom is -0.497 e. The summed E-state index contributed by atoms with van der Waals surface area (Å²) in [5.41, 5.74) is 4.52. The van der Waals surface area contributed by atoms with Gasteiger partial charge in [-0.15, -0.1) is 0 Å². The summed E-state index contributed by atoms with van der Waals surface area (Å²) in [5, 5.41) is 0. The monoisotopic (exact) mass is 364 g/mol. The van der Waals surface area contributed by atoms with Gasteiger partial charge >= 0.3 is 0 Å². The van der Waals surface area contributed by atoms with Crippen LogP contribution in [0.4, 0.5) is 0 Å². The number of ether oxygens (including phenoxy) is 1. The Morgan fingerprint density at radius 2 is 2.04 bits per heavy atom. The third-order valence-electron chi connectivity index (χ3n) is 5.44. The zero-order chi connectivity index (χ0) is 19.1. The van der Waals surface area contributed by atoms with Gasteiger partial charge in [0, 0.05) is 11.6 Å². The number of aryl methyl sites for hydroxylation is 2. The van der Waals surface area contributed by atoms with Crippen LogP contribution in [0.5, 0.6) is 5.75 Å². The van der Waals surface area contributed by atoms with Crippen molar-refractivity contribution in [1.29, 1.82) is 0 Å². The Hall–Kier alpha value is -2.76. The molecule has 27 heavy (non-hydrogen) atoms. The van der Waals surface area contributed by atoms with Gasteiger partial charge in [0.2, 0.25) is 0 Å². The number of fused-ring (bicyclic) bond motifs is 1. The Labute approximate surface area is 158 Å². The van der Waals surface area contributed by atoms with Gasteiger partial charge in [-0.1, -0.05) is 6.92 Å². The SMILES string of the molecule is CCC(C1CC1)n1c(=O)c(C)nc2c(-c3ccc(OC)cc3C)ncnc21. The van der Waals surface area contributed by atoms with Crippen molar-refractivity contribution in [2.75, 3.05) is 7.11 Å². The Balaban J connectivity index is 1.99. The predicted molar refractivity (Wildman–Crippen MR) is 105 cm³/mol. The molecule has 6 heteroatoms. The average molecular weight is 364 g/mol. The fourth-order valence-corrected chi connectivity index (χ4v) is 3.88. The Bertz CT molecular complexity index is 1070. The molecule has 1 aliphatic carbocycles. The molecule has 0 radical (unpaired) electrons. The molecule has 1 saturated carbocycles. The lowest BCUT2D eigenvalue weighted by Crippen LogP contribution is -2.29. The van der Waals surface area contributed by atoms with E-state index in [9.17, 15) is 4.79 Å². The van der Waals surface area contributed by atoms with E-state index in [2.05, 4.69) is 21.9 Å². The summed E-state index contributed by atoms with van der Waals surface area (Å²) < 4.78 is 7.17. The van der Waals surface area contributed by atoms with E-state index < -0.39 is 0 Å². The molecule has 4 rings (SSSR count). The van der Waals surface area contributed by atoms with Gasteiger partial charge < -0.3 is 4.74 Å². The molecule has 6 nitrogen and oxygen atoms in total. The second-order valence-corrected chi connectivity index (χ2v) is 7.26. The third-order valence-corrected chi connectivity index (χ3v) is 5.44. The van der Waals surface area contributed by atoms with Crippen LogP contribution in [0.1, 0.15) is 43.5 Å². The number of benzene rings is 1. The van der Waals surface area contributed by atoms with Crippen LogP contribution in [0, 0.1) is 19.8 Å². The fourth-order valence-electron chi connectivity index (χ4n) is 3.88. The van der Waals surface area contributed by atoms with E-state index >= 15 is 0 Å². The summed E-state index contributed by atoms with van der Waals surface area (Å²) in [6, 6.07) is 6.05. The lowest BCUT2D eigenvalue weighted by Gasteiger charge is -2.20. The van der Waals surface area contributed by atoms with Crippen molar-refractivity contribution in [3.05, 3.63) is 46.1 Å². The molecule has 1 fully saturated rings. The number of rotatable bonds is 5. The largest absolute Gasteiger partial charge is 0.497 e. The minimum absolute atomic E-state index is 0.0441. The van der Waals surface area contributed by atoms with Crippen molar-refractivity contribution in [2.45, 2.75) is 46.1 Å². The highest BCUT2D eigenvalue weighted by atomic mass is 16.5. The van der Waals surface area contributed by atoms with Crippen molar-refractivity contribution in [3.8, 4) is 17.0 Å². The fraction of sp³-hybridized carbons (Fsp3) is 0.429. The number of methoxy groups -OCH3 is 1. The molecule has 0 spiro atoms. The van der Waals surface area contributed by atoms with Gasteiger partial charge in [0.15, 0.2) is 5.65 Å². The second-order valence-electron chi connectivity index (χ2n) is 7.26. The first-order valence-electron chi connectivity index (χ1n) is 9.44. The number of hydrogen-bond acceptors (Lipinski definition) is 5. The van der Waals surface area contributed by atoms with E-state index in [1.165, 1.54) is 19.2 Å². The standard InChI is InChI=1S/C21H24N4O2/c1-5-17(14-6-7-14)25-20-19(24-13(3)21(25)26)18(22-11-23-20)16-9-8-15(27-4)10-12(16)2/h8-11,14,17H,5-7H2,1-4H3. The maximum Gasteiger partial charge on any atom is 0.273 e. The maximum atomic E-state index is 12.9. The average Bonchev–Trinajstić information content (AvgIpc) is 3.50. The van der Waals surface area contributed by atoms with E-state index in [1.807, 2.05) is 29.7 Å². The summed E-state index contributed by atoms with van der Waals surface area (Å²) in [6.07, 6.45) is 4.78. The molecular weight excluding hydrogens is 340 g/mol. The third kappa shape index (κ3) is 2.99. The van der Waals surface area contributed by atoms with Crippen LogP contribution in [0.3, 0.4) is 0 Å². The normalized spacial score (nSPS) is 15.1. The van der Waals surface area contributed by atoms with E-state index in [-0.39, 0.29) is 11.6 Å². The van der Waals surface area contributed by atoms with Gasteiger partial charge in [0.05, 0.1) is 7.11 Å². The van der Waals surface area contributed by atoms with Gasteiger partial charge in [-0.25, -0.2) is 15.0 Å². The van der Waals surface area contributed by atoms with Gasteiger partial charge in [-0.3, -0.25) is 9.36 Å². The number of nitrogens with zero attached hydrogens (tertiary/aromatic N) is 4. The number of aromatic nitrogens is 4. The van der Waals surface area contributed by atoms with Gasteiger partial charge in [-0.2, -0.15) is 0 Å². The topological polar surface area (TPSA) is 69.9 Å². The highest BCUT2D eigenvalue weighted by Crippen LogP contribution is 2.42. The Morgan fingerprint density at radius 3 is 2.67 bits per heavy atom. The van der Waals surface area contributed by atoms with Gasteiger partial charge in [0.1, 0.15) is 29.0 Å². The summed E-state index contributed by atoms with van der Waals surface area (Å²) in [7, 11) is 1.65. The van der Waals surface area contributed by atoms with E-state index in [1.54, 1.807) is 14.0 Å². The summed E-state index contributed by atoms with van der Waals surface area (Å²) >= 11 is 0. The molecule has 1 atom stereocenters. The Morgan fingerprint density at radius 1 is 1.26 bits per heavy atom. The summed E-state index contributed by atoms with van der Waals surface area (Å²) in [5.74, 6) is 1.36. The van der Waals surface area contributed by atoms with Crippen LogP contribution >= 0.6 is 0 Å². The molecule has 1 unspecified atom stereocenters. The molecule has 140 valence electrons. The minimum atomic E-state index is -0.0441. The predicted octanol–water partition coefficient (Wildman–Crippen LogP) is 3.84. The van der Waals surface area contributed by atoms with E-state index in [0.29, 0.717) is 22.8 Å². The molecule has 2 heterocycles. The highest BCUT2D eigenvalue weighted by Gasteiger charge is 2.33. The first-order valence-corrected chi connectivity index (χ1v) is 9.44. The molecule has 2 aromatic heterocycles. The molecule has 0 bridgehead atoms. The maximum absolute atomic E-state index is 12.9. The van der Waals surface area contributed by atoms with Crippen LogP contribution in [-0.2, 0) is 0 Å². The van der Waals surface area contributed by atoms with Crippen LogP contribution in [0.15, 0.2) is 29.3 Å². The first kappa shape index (κ1) is 17.6. The second kappa shape index (κ2) is 6.76. The zero-order valence-electron chi connectivity index (χ0n) is 16.2. The van der Waals surface area contributed by atoms with Crippen LogP contribution in [0.25, 0.3) is 22.4 Å². The molecule has 3 aromatic rings. The molecular formula is C21H24N4O2. The van der Waals surface area contributed by atoms with Crippen LogP contribution in [-0.4, -0.2) is 26.6 Å². The van der Waals surface area contributed by atoms with Crippen LogP contribution < -0.4 is 10.3 Å². The molecule has 0 amide bonds. The van der Waals surface area contributed by atoms with Gasteiger partial charge in [-0.05, 0) is 62.8 Å².